The van der Waals surface area contributed by atoms with Crippen LogP contribution in [-0.4, -0.2) is 22.3 Å². The molecule has 1 N–H and O–H groups in total. The summed E-state index contributed by atoms with van der Waals surface area (Å²) in [5, 5.41) is 8.00. The van der Waals surface area contributed by atoms with Gasteiger partial charge in [0.15, 0.2) is 0 Å². The Balaban J connectivity index is 1.80. The monoisotopic (exact) mass is 299 g/mol. The molecule has 0 unspecified atom stereocenters. The normalized spacial score (nSPS) is 10.6. The lowest BCUT2D eigenvalue weighted by atomic mass is 10.1. The Kier molecular flexibility index (Phi) is 3.88. The van der Waals surface area contributed by atoms with Gasteiger partial charge < -0.3 is 4.74 Å². The van der Waals surface area contributed by atoms with Gasteiger partial charge in [0.05, 0.1) is 17.8 Å². The summed E-state index contributed by atoms with van der Waals surface area (Å²) in [6.07, 6.45) is 4.25. The van der Waals surface area contributed by atoms with E-state index in [-0.39, 0.29) is 0 Å². The van der Waals surface area contributed by atoms with Gasteiger partial charge in [-0.2, -0.15) is 5.10 Å². The minimum Gasteiger partial charge on any atom is -0.495 e. The maximum absolute atomic E-state index is 6.14. The molecular weight excluding hydrogens is 286 g/mol. The second-order valence-electron chi connectivity index (χ2n) is 4.66. The number of halogens is 1. The molecule has 0 aliphatic rings. The molecule has 0 aliphatic carbocycles. The van der Waals surface area contributed by atoms with Gasteiger partial charge in [0.1, 0.15) is 5.75 Å². The molecule has 1 aromatic carbocycles. The van der Waals surface area contributed by atoms with Crippen molar-refractivity contribution in [2.24, 2.45) is 0 Å². The second-order valence-corrected chi connectivity index (χ2v) is 5.07. The number of nitrogens with zero attached hydrogens (tertiary/aromatic N) is 2. The fourth-order valence-corrected chi connectivity index (χ4v) is 2.44. The summed E-state index contributed by atoms with van der Waals surface area (Å²) in [4.78, 5) is 4.01. The van der Waals surface area contributed by atoms with Crippen molar-refractivity contribution in [2.75, 3.05) is 7.11 Å². The van der Waals surface area contributed by atoms with E-state index >= 15 is 0 Å². The number of hydrogen-bond donors (Lipinski definition) is 1. The third kappa shape index (κ3) is 3.06. The van der Waals surface area contributed by atoms with Crippen molar-refractivity contribution < 1.29 is 4.74 Å². The van der Waals surface area contributed by atoms with Crippen LogP contribution in [0, 0.1) is 0 Å². The molecule has 5 heteroatoms. The minimum atomic E-state index is 0.615. The second kappa shape index (κ2) is 5.97. The Morgan fingerprint density at radius 3 is 2.67 bits per heavy atom. The van der Waals surface area contributed by atoms with E-state index in [9.17, 15) is 0 Å². The Hall–Kier alpha value is -2.33. The molecule has 2 aromatic heterocycles. The first kappa shape index (κ1) is 13.6. The molecule has 2 heterocycles. The SMILES string of the molecule is COc1ccc(Cc2cc(-c3ccncc3)n[nH]2)cc1Cl. The van der Waals surface area contributed by atoms with Crippen LogP contribution < -0.4 is 4.74 Å². The topological polar surface area (TPSA) is 50.8 Å². The van der Waals surface area contributed by atoms with Gasteiger partial charge in [-0.1, -0.05) is 17.7 Å². The molecule has 0 saturated heterocycles. The van der Waals surface area contributed by atoms with Crippen molar-refractivity contribution in [1.29, 1.82) is 0 Å². The van der Waals surface area contributed by atoms with Gasteiger partial charge in [-0.3, -0.25) is 10.1 Å². The van der Waals surface area contributed by atoms with E-state index in [0.29, 0.717) is 10.8 Å². The van der Waals surface area contributed by atoms with Crippen molar-refractivity contribution in [3.8, 4) is 17.0 Å². The largest absolute Gasteiger partial charge is 0.495 e. The molecule has 0 saturated carbocycles. The van der Waals surface area contributed by atoms with E-state index in [1.807, 2.05) is 36.4 Å². The number of rotatable bonds is 4. The number of aromatic nitrogens is 3. The van der Waals surface area contributed by atoms with Crippen LogP contribution in [0.4, 0.5) is 0 Å². The Bertz CT molecular complexity index is 740. The molecule has 0 radical (unpaired) electrons. The minimum absolute atomic E-state index is 0.615. The number of nitrogens with one attached hydrogen (secondary N) is 1. The molecule has 0 amide bonds. The van der Waals surface area contributed by atoms with Crippen LogP contribution in [0.25, 0.3) is 11.3 Å². The molecule has 0 atom stereocenters. The number of hydrogen-bond acceptors (Lipinski definition) is 3. The summed E-state index contributed by atoms with van der Waals surface area (Å²) in [6.45, 7) is 0. The standard InChI is InChI=1S/C16H14ClN3O/c1-21-16-3-2-11(9-14(16)17)8-13-10-15(20-19-13)12-4-6-18-7-5-12/h2-7,9-10H,8H2,1H3,(H,19,20). The van der Waals surface area contributed by atoms with Crippen LogP contribution in [0.2, 0.25) is 5.02 Å². The zero-order valence-electron chi connectivity index (χ0n) is 11.5. The lowest BCUT2D eigenvalue weighted by Gasteiger charge is -2.05. The highest BCUT2D eigenvalue weighted by Crippen LogP contribution is 2.26. The van der Waals surface area contributed by atoms with Gasteiger partial charge in [0, 0.05) is 30.1 Å². The Labute approximate surface area is 127 Å². The van der Waals surface area contributed by atoms with Crippen molar-refractivity contribution in [1.82, 2.24) is 15.2 Å². The van der Waals surface area contributed by atoms with Crippen molar-refractivity contribution in [2.45, 2.75) is 6.42 Å². The summed E-state index contributed by atoms with van der Waals surface area (Å²) in [7, 11) is 1.61. The highest BCUT2D eigenvalue weighted by molar-refractivity contribution is 6.32. The van der Waals surface area contributed by atoms with Gasteiger partial charge >= 0.3 is 0 Å². The number of H-pyrrole nitrogens is 1. The third-order valence-electron chi connectivity index (χ3n) is 3.22. The molecule has 3 aromatic rings. The highest BCUT2D eigenvalue weighted by Gasteiger charge is 2.06. The van der Waals surface area contributed by atoms with Gasteiger partial charge in [-0.25, -0.2) is 0 Å². The van der Waals surface area contributed by atoms with E-state index < -0.39 is 0 Å². The van der Waals surface area contributed by atoms with E-state index in [1.54, 1.807) is 19.5 Å². The van der Waals surface area contributed by atoms with Crippen LogP contribution in [-0.2, 0) is 6.42 Å². The quantitative estimate of drug-likeness (QED) is 0.798. The summed E-state index contributed by atoms with van der Waals surface area (Å²) in [6, 6.07) is 11.7. The third-order valence-corrected chi connectivity index (χ3v) is 3.51. The van der Waals surface area contributed by atoms with Gasteiger partial charge in [0.25, 0.3) is 0 Å². The van der Waals surface area contributed by atoms with Crippen LogP contribution in [0.5, 0.6) is 5.75 Å². The molecular formula is C16H14ClN3O. The van der Waals surface area contributed by atoms with Crippen LogP contribution in [0.1, 0.15) is 11.3 Å². The smallest absolute Gasteiger partial charge is 0.137 e. The Morgan fingerprint density at radius 1 is 1.14 bits per heavy atom. The van der Waals surface area contributed by atoms with Gasteiger partial charge in [-0.05, 0) is 35.9 Å². The summed E-state index contributed by atoms with van der Waals surface area (Å²) < 4.78 is 5.15. The highest BCUT2D eigenvalue weighted by atomic mass is 35.5. The molecule has 4 nitrogen and oxygen atoms in total. The van der Waals surface area contributed by atoms with E-state index in [4.69, 9.17) is 16.3 Å². The summed E-state index contributed by atoms with van der Waals surface area (Å²) in [5.41, 5.74) is 4.08. The van der Waals surface area contributed by atoms with Gasteiger partial charge in [0.2, 0.25) is 0 Å². The van der Waals surface area contributed by atoms with Crippen LogP contribution >= 0.6 is 11.6 Å². The van der Waals surface area contributed by atoms with Crippen molar-refractivity contribution in [3.63, 3.8) is 0 Å². The number of pyridine rings is 1. The van der Waals surface area contributed by atoms with E-state index in [1.165, 1.54) is 0 Å². The fourth-order valence-electron chi connectivity index (χ4n) is 2.16. The Morgan fingerprint density at radius 2 is 1.95 bits per heavy atom. The van der Waals surface area contributed by atoms with Crippen molar-refractivity contribution >= 4 is 11.6 Å². The predicted molar refractivity (Wildman–Crippen MR) is 82.6 cm³/mol. The molecule has 0 fully saturated rings. The fraction of sp³-hybridized carbons (Fsp3) is 0.125. The summed E-state index contributed by atoms with van der Waals surface area (Å²) in [5.74, 6) is 0.683. The molecule has 106 valence electrons. The molecule has 3 rings (SSSR count). The van der Waals surface area contributed by atoms with E-state index in [2.05, 4.69) is 15.2 Å². The lowest BCUT2D eigenvalue weighted by Crippen LogP contribution is -1.90. The first-order valence-electron chi connectivity index (χ1n) is 6.53. The lowest BCUT2D eigenvalue weighted by molar-refractivity contribution is 0.415. The number of ether oxygens (including phenoxy) is 1. The predicted octanol–water partition coefficient (Wildman–Crippen LogP) is 3.72. The molecule has 0 bridgehead atoms. The van der Waals surface area contributed by atoms with Crippen LogP contribution in [0.3, 0.4) is 0 Å². The number of aromatic amines is 1. The zero-order valence-corrected chi connectivity index (χ0v) is 12.3. The van der Waals surface area contributed by atoms with E-state index in [0.717, 1.165) is 28.9 Å². The first-order chi connectivity index (χ1) is 10.3. The number of benzene rings is 1. The van der Waals surface area contributed by atoms with Crippen LogP contribution in [0.15, 0.2) is 48.8 Å². The first-order valence-corrected chi connectivity index (χ1v) is 6.91. The molecule has 0 spiro atoms. The average Bonchev–Trinajstić information content (AvgIpc) is 2.97. The molecule has 0 aliphatic heterocycles. The maximum Gasteiger partial charge on any atom is 0.137 e. The summed E-state index contributed by atoms with van der Waals surface area (Å²) >= 11 is 6.14. The molecule has 21 heavy (non-hydrogen) atoms. The maximum atomic E-state index is 6.14. The van der Waals surface area contributed by atoms with Crippen molar-refractivity contribution in [3.05, 3.63) is 65.1 Å². The zero-order chi connectivity index (χ0) is 14.7. The number of methoxy groups -OCH3 is 1. The van der Waals surface area contributed by atoms with Gasteiger partial charge in [-0.15, -0.1) is 0 Å². The average molecular weight is 300 g/mol.